The highest BCUT2D eigenvalue weighted by molar-refractivity contribution is 7.09. The van der Waals surface area contributed by atoms with Crippen molar-refractivity contribution in [2.24, 2.45) is 0 Å². The highest BCUT2D eigenvalue weighted by Gasteiger charge is 2.27. The summed E-state index contributed by atoms with van der Waals surface area (Å²) in [6.45, 7) is 1.74. The fourth-order valence-corrected chi connectivity index (χ4v) is 1.98. The first kappa shape index (κ1) is 9.30. The van der Waals surface area contributed by atoms with Gasteiger partial charge in [0, 0.05) is 24.0 Å². The lowest BCUT2D eigenvalue weighted by molar-refractivity contribution is 0.102. The Kier molecular flexibility index (Phi) is 2.31. The molecule has 72 valence electrons. The van der Waals surface area contributed by atoms with Gasteiger partial charge in [0.25, 0.3) is 0 Å². The van der Waals surface area contributed by atoms with Gasteiger partial charge in [-0.2, -0.15) is 0 Å². The van der Waals surface area contributed by atoms with E-state index in [0.717, 1.165) is 5.56 Å². The van der Waals surface area contributed by atoms with Crippen LogP contribution in [0.15, 0.2) is 36.1 Å². The van der Waals surface area contributed by atoms with Crippen molar-refractivity contribution in [3.8, 4) is 0 Å². The Morgan fingerprint density at radius 2 is 2.00 bits per heavy atom. The predicted octanol–water partition coefficient (Wildman–Crippen LogP) is 1.79. The second-order valence-corrected chi connectivity index (χ2v) is 4.04. The molecule has 2 aromatic heterocycles. The number of hydrogen-bond acceptors (Lipinski definition) is 4. The first-order chi connectivity index (χ1) is 6.71. The Morgan fingerprint density at radius 3 is 2.57 bits per heavy atom. The molecule has 14 heavy (non-hydrogen) atoms. The zero-order chi connectivity index (χ0) is 10.0. The summed E-state index contributed by atoms with van der Waals surface area (Å²) in [4.78, 5) is 8.02. The van der Waals surface area contributed by atoms with Crippen molar-refractivity contribution in [3.05, 3.63) is 46.7 Å². The highest BCUT2D eigenvalue weighted by atomic mass is 32.1. The molecule has 0 spiro atoms. The quantitative estimate of drug-likeness (QED) is 0.814. The molecule has 0 aliphatic carbocycles. The number of thiazole rings is 1. The summed E-state index contributed by atoms with van der Waals surface area (Å²) >= 11 is 1.44. The molecule has 1 N–H and O–H groups in total. The molecule has 0 saturated carbocycles. The third-order valence-corrected chi connectivity index (χ3v) is 3.08. The zero-order valence-electron chi connectivity index (χ0n) is 7.71. The van der Waals surface area contributed by atoms with Gasteiger partial charge in [0.05, 0.1) is 0 Å². The molecular weight excluding hydrogens is 196 g/mol. The largest absolute Gasteiger partial charge is 0.378 e. The number of pyridine rings is 1. The molecule has 0 bridgehead atoms. The fraction of sp³-hybridized carbons (Fsp3) is 0.200. The van der Waals surface area contributed by atoms with E-state index in [1.807, 2.05) is 5.38 Å². The van der Waals surface area contributed by atoms with Crippen LogP contribution in [0.2, 0.25) is 0 Å². The molecule has 0 aromatic carbocycles. The molecule has 2 aromatic rings. The van der Waals surface area contributed by atoms with E-state index in [2.05, 4.69) is 9.97 Å². The van der Waals surface area contributed by atoms with Gasteiger partial charge in [-0.25, -0.2) is 4.98 Å². The molecule has 3 nitrogen and oxygen atoms in total. The second-order valence-electron chi connectivity index (χ2n) is 3.15. The minimum absolute atomic E-state index is 0.698. The van der Waals surface area contributed by atoms with Crippen molar-refractivity contribution in [3.63, 3.8) is 0 Å². The van der Waals surface area contributed by atoms with Gasteiger partial charge < -0.3 is 5.11 Å². The van der Waals surface area contributed by atoms with Crippen LogP contribution < -0.4 is 0 Å². The number of rotatable bonds is 2. The summed E-state index contributed by atoms with van der Waals surface area (Å²) in [7, 11) is 0. The van der Waals surface area contributed by atoms with Crippen molar-refractivity contribution in [2.45, 2.75) is 12.5 Å². The van der Waals surface area contributed by atoms with Gasteiger partial charge in [-0.05, 0) is 24.6 Å². The van der Waals surface area contributed by atoms with Gasteiger partial charge in [0.2, 0.25) is 0 Å². The average Bonchev–Trinajstić information content (AvgIpc) is 2.72. The van der Waals surface area contributed by atoms with Crippen molar-refractivity contribution < 1.29 is 5.11 Å². The van der Waals surface area contributed by atoms with Crippen LogP contribution in [0.3, 0.4) is 0 Å². The van der Waals surface area contributed by atoms with Crippen LogP contribution >= 0.6 is 11.3 Å². The maximum Gasteiger partial charge on any atom is 0.138 e. The van der Waals surface area contributed by atoms with Crippen molar-refractivity contribution in [2.75, 3.05) is 0 Å². The smallest absolute Gasteiger partial charge is 0.138 e. The zero-order valence-corrected chi connectivity index (χ0v) is 8.53. The van der Waals surface area contributed by atoms with E-state index < -0.39 is 5.60 Å². The summed E-state index contributed by atoms with van der Waals surface area (Å²) in [5.41, 5.74) is -0.209. The molecular formula is C10H10N2OS. The number of aliphatic hydroxyl groups is 1. The third-order valence-electron chi connectivity index (χ3n) is 2.09. The van der Waals surface area contributed by atoms with Crippen molar-refractivity contribution >= 4 is 11.3 Å². The number of hydrogen-bond donors (Lipinski definition) is 1. The summed E-state index contributed by atoms with van der Waals surface area (Å²) in [6, 6.07) is 3.59. The Morgan fingerprint density at radius 1 is 1.29 bits per heavy atom. The summed E-state index contributed by atoms with van der Waals surface area (Å²) < 4.78 is 0. The molecule has 0 aliphatic rings. The normalized spacial score (nSPS) is 15.0. The summed E-state index contributed by atoms with van der Waals surface area (Å²) in [6.07, 6.45) is 5.02. The fourth-order valence-electron chi connectivity index (χ4n) is 1.26. The van der Waals surface area contributed by atoms with E-state index in [9.17, 15) is 5.11 Å². The molecule has 0 radical (unpaired) electrons. The minimum Gasteiger partial charge on any atom is -0.378 e. The first-order valence-corrected chi connectivity index (χ1v) is 5.12. The monoisotopic (exact) mass is 206 g/mol. The Hall–Kier alpha value is -1.26. The van der Waals surface area contributed by atoms with E-state index in [1.54, 1.807) is 37.6 Å². The van der Waals surface area contributed by atoms with Crippen LogP contribution in [-0.2, 0) is 5.60 Å². The summed E-state index contributed by atoms with van der Waals surface area (Å²) in [5.74, 6) is 0. The van der Waals surface area contributed by atoms with Gasteiger partial charge in [0.1, 0.15) is 10.6 Å². The first-order valence-electron chi connectivity index (χ1n) is 4.24. The molecule has 0 saturated heterocycles. The molecule has 2 heterocycles. The van der Waals surface area contributed by atoms with Gasteiger partial charge in [-0.15, -0.1) is 11.3 Å². The van der Waals surface area contributed by atoms with Gasteiger partial charge >= 0.3 is 0 Å². The topological polar surface area (TPSA) is 46.0 Å². The van der Waals surface area contributed by atoms with E-state index in [4.69, 9.17) is 0 Å². The Bertz CT molecular complexity index is 397. The van der Waals surface area contributed by atoms with E-state index in [-0.39, 0.29) is 0 Å². The number of aromatic nitrogens is 2. The molecule has 0 unspecified atom stereocenters. The van der Waals surface area contributed by atoms with Crippen LogP contribution in [0.4, 0.5) is 0 Å². The van der Waals surface area contributed by atoms with Gasteiger partial charge in [0.15, 0.2) is 0 Å². The van der Waals surface area contributed by atoms with E-state index in [0.29, 0.717) is 5.01 Å². The average molecular weight is 206 g/mol. The van der Waals surface area contributed by atoms with Crippen molar-refractivity contribution in [1.82, 2.24) is 9.97 Å². The van der Waals surface area contributed by atoms with Crippen molar-refractivity contribution in [1.29, 1.82) is 0 Å². The second kappa shape index (κ2) is 3.48. The molecule has 2 rings (SSSR count). The van der Waals surface area contributed by atoms with E-state index in [1.165, 1.54) is 11.3 Å². The Balaban J connectivity index is 2.43. The molecule has 0 fully saturated rings. The van der Waals surface area contributed by atoms with Crippen LogP contribution in [-0.4, -0.2) is 15.1 Å². The maximum atomic E-state index is 10.3. The van der Waals surface area contributed by atoms with Gasteiger partial charge in [-0.1, -0.05) is 0 Å². The molecule has 1 atom stereocenters. The predicted molar refractivity (Wildman–Crippen MR) is 55.0 cm³/mol. The lowest BCUT2D eigenvalue weighted by atomic mass is 9.98. The summed E-state index contributed by atoms with van der Waals surface area (Å²) in [5, 5.41) is 12.8. The van der Waals surface area contributed by atoms with E-state index >= 15 is 0 Å². The lowest BCUT2D eigenvalue weighted by Gasteiger charge is -2.20. The highest BCUT2D eigenvalue weighted by Crippen LogP contribution is 2.29. The SMILES string of the molecule is C[C@](O)(c1ccncc1)c1nccs1. The molecule has 0 aliphatic heterocycles. The number of nitrogens with zero attached hydrogens (tertiary/aromatic N) is 2. The van der Waals surface area contributed by atoms with Crippen LogP contribution in [0.5, 0.6) is 0 Å². The standard InChI is InChI=1S/C10H10N2OS/c1-10(13,9-12-6-7-14-9)8-2-4-11-5-3-8/h2-7,13H,1H3/t10-/m0/s1. The Labute approximate surface area is 86.1 Å². The van der Waals surface area contributed by atoms with Gasteiger partial charge in [-0.3, -0.25) is 4.98 Å². The maximum absolute atomic E-state index is 10.3. The van der Waals surface area contributed by atoms with Crippen LogP contribution in [0, 0.1) is 0 Å². The third kappa shape index (κ3) is 1.54. The minimum atomic E-state index is -1.02. The lowest BCUT2D eigenvalue weighted by Crippen LogP contribution is -2.22. The molecule has 0 amide bonds. The van der Waals surface area contributed by atoms with Crippen LogP contribution in [0.25, 0.3) is 0 Å². The molecule has 4 heteroatoms. The van der Waals surface area contributed by atoms with Crippen LogP contribution in [0.1, 0.15) is 17.5 Å².